The van der Waals surface area contributed by atoms with Crippen molar-refractivity contribution in [3.8, 4) is 0 Å². The number of carboxylic acids is 1. The second kappa shape index (κ2) is 9.82. The predicted molar refractivity (Wildman–Crippen MR) is 83.1 cm³/mol. The Morgan fingerprint density at radius 1 is 1.05 bits per heavy atom. The van der Waals surface area contributed by atoms with Crippen LogP contribution in [0.4, 0.5) is 0 Å². The molecule has 0 aromatic carbocycles. The maximum Gasteiger partial charge on any atom is 0.312 e. The lowest BCUT2D eigenvalue weighted by Crippen LogP contribution is -2.35. The first-order valence-corrected chi connectivity index (χ1v) is 8.53. The number of hydrogen-bond acceptors (Lipinski definition) is 4. The third-order valence-electron chi connectivity index (χ3n) is 4.37. The minimum atomic E-state index is -1.11. The van der Waals surface area contributed by atoms with Crippen LogP contribution in [0.25, 0.3) is 0 Å². The number of carbonyl (C=O) groups excluding carboxylic acids is 1. The van der Waals surface area contributed by atoms with Crippen LogP contribution in [0.2, 0.25) is 0 Å². The molecule has 0 aromatic heterocycles. The van der Waals surface area contributed by atoms with Crippen LogP contribution in [0.1, 0.15) is 71.6 Å². The van der Waals surface area contributed by atoms with E-state index in [9.17, 15) is 14.7 Å². The standard InChI is InChI=1S/C17H30O5/c1-12(2)8-4-3-5-11-15(18)22-17(21)14-10-7-6-9-13(14)16(19)20/h12-15,18H,3-11H2,1-2H3,(H,19,20). The first-order valence-electron chi connectivity index (χ1n) is 8.53. The molecule has 1 rings (SSSR count). The number of aliphatic hydroxyl groups excluding tert-OH is 1. The highest BCUT2D eigenvalue weighted by molar-refractivity contribution is 5.81. The molecule has 3 atom stereocenters. The van der Waals surface area contributed by atoms with Crippen LogP contribution in [0.15, 0.2) is 0 Å². The molecule has 1 saturated carbocycles. The molecular weight excluding hydrogens is 284 g/mol. The van der Waals surface area contributed by atoms with Gasteiger partial charge in [0.2, 0.25) is 6.29 Å². The number of carboxylic acid groups (broad SMARTS) is 1. The van der Waals surface area contributed by atoms with E-state index in [4.69, 9.17) is 9.84 Å². The van der Waals surface area contributed by atoms with Crippen molar-refractivity contribution in [1.29, 1.82) is 0 Å². The van der Waals surface area contributed by atoms with Crippen LogP contribution in [-0.2, 0) is 14.3 Å². The van der Waals surface area contributed by atoms with Crippen LogP contribution < -0.4 is 0 Å². The maximum absolute atomic E-state index is 12.1. The SMILES string of the molecule is CC(C)CCCCCC(O)OC(=O)C1CCCCC1C(=O)O. The summed E-state index contributed by atoms with van der Waals surface area (Å²) in [6.07, 6.45) is 6.14. The molecule has 0 saturated heterocycles. The molecule has 0 aliphatic heterocycles. The van der Waals surface area contributed by atoms with Gasteiger partial charge in [0.05, 0.1) is 11.8 Å². The van der Waals surface area contributed by atoms with Gasteiger partial charge in [-0.1, -0.05) is 46.0 Å². The van der Waals surface area contributed by atoms with Gasteiger partial charge in [-0.3, -0.25) is 9.59 Å². The summed E-state index contributed by atoms with van der Waals surface area (Å²) in [6.45, 7) is 4.36. The number of esters is 1. The van der Waals surface area contributed by atoms with Crippen molar-refractivity contribution in [1.82, 2.24) is 0 Å². The largest absolute Gasteiger partial charge is 0.481 e. The molecule has 0 spiro atoms. The first-order chi connectivity index (χ1) is 10.4. The van der Waals surface area contributed by atoms with E-state index in [1.54, 1.807) is 0 Å². The Morgan fingerprint density at radius 3 is 2.23 bits per heavy atom. The fourth-order valence-electron chi connectivity index (χ4n) is 3.04. The second-order valence-corrected chi connectivity index (χ2v) is 6.76. The van der Waals surface area contributed by atoms with Gasteiger partial charge in [-0.2, -0.15) is 0 Å². The fourth-order valence-corrected chi connectivity index (χ4v) is 3.04. The molecule has 5 heteroatoms. The molecule has 1 fully saturated rings. The Bertz CT molecular complexity index is 353. The average molecular weight is 314 g/mol. The lowest BCUT2D eigenvalue weighted by Gasteiger charge is -2.27. The molecule has 5 nitrogen and oxygen atoms in total. The molecule has 2 N–H and O–H groups in total. The summed E-state index contributed by atoms with van der Waals surface area (Å²) in [6, 6.07) is 0. The third kappa shape index (κ3) is 6.77. The van der Waals surface area contributed by atoms with E-state index >= 15 is 0 Å². The summed E-state index contributed by atoms with van der Waals surface area (Å²) in [4.78, 5) is 23.2. The highest BCUT2D eigenvalue weighted by Gasteiger charge is 2.37. The zero-order valence-electron chi connectivity index (χ0n) is 13.8. The monoisotopic (exact) mass is 314 g/mol. The molecule has 22 heavy (non-hydrogen) atoms. The topological polar surface area (TPSA) is 83.8 Å². The molecule has 0 heterocycles. The van der Waals surface area contributed by atoms with E-state index in [0.717, 1.165) is 38.5 Å². The van der Waals surface area contributed by atoms with Gasteiger partial charge in [0, 0.05) is 6.42 Å². The van der Waals surface area contributed by atoms with Gasteiger partial charge in [-0.15, -0.1) is 0 Å². The zero-order valence-corrected chi connectivity index (χ0v) is 13.8. The van der Waals surface area contributed by atoms with Crippen LogP contribution in [0.5, 0.6) is 0 Å². The summed E-state index contributed by atoms with van der Waals surface area (Å²) in [5.41, 5.74) is 0. The van der Waals surface area contributed by atoms with E-state index in [1.165, 1.54) is 0 Å². The molecule has 1 aliphatic carbocycles. The van der Waals surface area contributed by atoms with E-state index < -0.39 is 30.1 Å². The molecule has 128 valence electrons. The second-order valence-electron chi connectivity index (χ2n) is 6.76. The number of hydrogen-bond donors (Lipinski definition) is 2. The Morgan fingerprint density at radius 2 is 1.64 bits per heavy atom. The molecule has 0 radical (unpaired) electrons. The van der Waals surface area contributed by atoms with E-state index in [0.29, 0.717) is 25.2 Å². The number of rotatable bonds is 9. The van der Waals surface area contributed by atoms with Crippen LogP contribution >= 0.6 is 0 Å². The lowest BCUT2D eigenvalue weighted by atomic mass is 9.79. The van der Waals surface area contributed by atoms with Gasteiger partial charge in [0.25, 0.3) is 0 Å². The van der Waals surface area contributed by atoms with E-state index in [2.05, 4.69) is 13.8 Å². The molecular formula is C17H30O5. The van der Waals surface area contributed by atoms with Crippen molar-refractivity contribution >= 4 is 11.9 Å². The molecule has 3 unspecified atom stereocenters. The molecule has 1 aliphatic rings. The van der Waals surface area contributed by atoms with Gasteiger partial charge in [0.15, 0.2) is 0 Å². The Kier molecular flexibility index (Phi) is 8.46. The minimum absolute atomic E-state index is 0.425. The van der Waals surface area contributed by atoms with Crippen molar-refractivity contribution in [2.45, 2.75) is 77.9 Å². The first kappa shape index (κ1) is 18.9. The van der Waals surface area contributed by atoms with Crippen molar-refractivity contribution < 1.29 is 24.5 Å². The Balaban J connectivity index is 2.29. The van der Waals surface area contributed by atoms with E-state index in [1.807, 2.05) is 0 Å². The van der Waals surface area contributed by atoms with Crippen LogP contribution in [-0.4, -0.2) is 28.4 Å². The average Bonchev–Trinajstić information content (AvgIpc) is 2.46. The summed E-state index contributed by atoms with van der Waals surface area (Å²) < 4.78 is 5.05. The number of aliphatic hydroxyl groups is 1. The Labute approximate surface area is 133 Å². The summed E-state index contributed by atoms with van der Waals surface area (Å²) in [5.74, 6) is -2.09. The number of ether oxygens (including phenoxy) is 1. The third-order valence-corrected chi connectivity index (χ3v) is 4.37. The van der Waals surface area contributed by atoms with Gasteiger partial charge in [-0.25, -0.2) is 0 Å². The smallest absolute Gasteiger partial charge is 0.312 e. The molecule has 0 bridgehead atoms. The fraction of sp³-hybridized carbons (Fsp3) is 0.882. The molecule has 0 amide bonds. The molecule has 0 aromatic rings. The van der Waals surface area contributed by atoms with Gasteiger partial charge < -0.3 is 14.9 Å². The quantitative estimate of drug-likeness (QED) is 0.387. The van der Waals surface area contributed by atoms with Gasteiger partial charge >= 0.3 is 11.9 Å². The van der Waals surface area contributed by atoms with Crippen molar-refractivity contribution in [3.63, 3.8) is 0 Å². The normalized spacial score (nSPS) is 23.3. The number of carbonyl (C=O) groups is 2. The summed E-state index contributed by atoms with van der Waals surface area (Å²) >= 11 is 0. The van der Waals surface area contributed by atoms with E-state index in [-0.39, 0.29) is 0 Å². The maximum atomic E-state index is 12.1. The summed E-state index contributed by atoms with van der Waals surface area (Å²) in [7, 11) is 0. The predicted octanol–water partition coefficient (Wildman–Crippen LogP) is 3.35. The number of aliphatic carboxylic acids is 1. The van der Waals surface area contributed by atoms with Gasteiger partial charge in [-0.05, 0) is 25.2 Å². The summed E-state index contributed by atoms with van der Waals surface area (Å²) in [5, 5.41) is 19.0. The number of unbranched alkanes of at least 4 members (excludes halogenated alkanes) is 2. The minimum Gasteiger partial charge on any atom is -0.481 e. The van der Waals surface area contributed by atoms with Crippen molar-refractivity contribution in [2.75, 3.05) is 0 Å². The van der Waals surface area contributed by atoms with Crippen LogP contribution in [0, 0.1) is 17.8 Å². The van der Waals surface area contributed by atoms with Crippen molar-refractivity contribution in [3.05, 3.63) is 0 Å². The lowest BCUT2D eigenvalue weighted by molar-refractivity contribution is -0.180. The van der Waals surface area contributed by atoms with Crippen molar-refractivity contribution in [2.24, 2.45) is 17.8 Å². The van der Waals surface area contributed by atoms with Gasteiger partial charge in [0.1, 0.15) is 0 Å². The highest BCUT2D eigenvalue weighted by atomic mass is 16.6. The highest BCUT2D eigenvalue weighted by Crippen LogP contribution is 2.31. The zero-order chi connectivity index (χ0) is 16.5. The van der Waals surface area contributed by atoms with Crippen LogP contribution in [0.3, 0.4) is 0 Å². The Hall–Kier alpha value is -1.10.